The maximum Gasteiger partial charge on any atom is 0.410 e. The number of aromatic nitrogens is 2. The predicted molar refractivity (Wildman–Crippen MR) is 97.3 cm³/mol. The smallest absolute Gasteiger partial charge is 0.410 e. The van der Waals surface area contributed by atoms with Crippen LogP contribution in [0.25, 0.3) is 5.65 Å². The molecule has 1 aliphatic rings. The van der Waals surface area contributed by atoms with Gasteiger partial charge in [-0.1, -0.05) is 0 Å². The SMILES string of the molecule is CC(C)(C)OC(=O)N1CC(Cc2cn3cc(OCC(O)C#N)ccc3n2)C1. The third-order valence-electron chi connectivity index (χ3n) is 4.14. The van der Waals surface area contributed by atoms with Crippen molar-refractivity contribution in [2.75, 3.05) is 19.7 Å². The molecule has 3 heterocycles. The Morgan fingerprint density at radius 2 is 2.15 bits per heavy atom. The van der Waals surface area contributed by atoms with Crippen LogP contribution in [0.1, 0.15) is 26.5 Å². The number of carbonyl (C=O) groups excluding carboxylic acids is 1. The number of nitrogens with zero attached hydrogens (tertiary/aromatic N) is 4. The van der Waals surface area contributed by atoms with Gasteiger partial charge in [-0.3, -0.25) is 0 Å². The highest BCUT2D eigenvalue weighted by atomic mass is 16.6. The van der Waals surface area contributed by atoms with Crippen LogP contribution < -0.4 is 4.74 Å². The van der Waals surface area contributed by atoms with Crippen molar-refractivity contribution in [2.45, 2.75) is 38.9 Å². The number of ether oxygens (including phenoxy) is 2. The van der Waals surface area contributed by atoms with Crippen molar-refractivity contribution in [1.82, 2.24) is 14.3 Å². The summed E-state index contributed by atoms with van der Waals surface area (Å²) in [4.78, 5) is 18.3. The van der Waals surface area contributed by atoms with Gasteiger partial charge in [0.25, 0.3) is 0 Å². The van der Waals surface area contributed by atoms with E-state index in [1.165, 1.54) is 0 Å². The van der Waals surface area contributed by atoms with Gasteiger partial charge in [0, 0.05) is 19.3 Å². The van der Waals surface area contributed by atoms with E-state index in [2.05, 4.69) is 4.98 Å². The number of amides is 1. The number of aliphatic hydroxyl groups is 1. The van der Waals surface area contributed by atoms with Gasteiger partial charge in [-0.25, -0.2) is 9.78 Å². The van der Waals surface area contributed by atoms with Crippen molar-refractivity contribution in [3.05, 3.63) is 30.2 Å². The monoisotopic (exact) mass is 372 g/mol. The van der Waals surface area contributed by atoms with E-state index >= 15 is 0 Å². The second-order valence-corrected chi connectivity index (χ2v) is 7.77. The van der Waals surface area contributed by atoms with E-state index in [-0.39, 0.29) is 12.7 Å². The second kappa shape index (κ2) is 7.45. The summed E-state index contributed by atoms with van der Waals surface area (Å²) in [6.07, 6.45) is 3.06. The fraction of sp³-hybridized carbons (Fsp3) is 0.526. The van der Waals surface area contributed by atoms with Crippen LogP contribution in [-0.4, -0.2) is 56.9 Å². The molecule has 144 valence electrons. The lowest BCUT2D eigenvalue weighted by Crippen LogP contribution is -2.52. The third kappa shape index (κ3) is 4.89. The van der Waals surface area contributed by atoms with E-state index in [0.29, 0.717) is 24.8 Å². The summed E-state index contributed by atoms with van der Waals surface area (Å²) in [6, 6.07) is 5.29. The van der Waals surface area contributed by atoms with E-state index in [9.17, 15) is 9.90 Å². The molecule has 0 aliphatic carbocycles. The van der Waals surface area contributed by atoms with Crippen LogP contribution >= 0.6 is 0 Å². The molecule has 0 spiro atoms. The molecule has 0 saturated carbocycles. The first-order valence-electron chi connectivity index (χ1n) is 8.89. The third-order valence-corrected chi connectivity index (χ3v) is 4.14. The fourth-order valence-corrected chi connectivity index (χ4v) is 2.89. The molecule has 0 bridgehead atoms. The normalized spacial score (nSPS) is 15.9. The summed E-state index contributed by atoms with van der Waals surface area (Å²) in [5.41, 5.74) is 1.26. The van der Waals surface area contributed by atoms with Crippen LogP contribution in [0.2, 0.25) is 0 Å². The Balaban J connectivity index is 1.54. The van der Waals surface area contributed by atoms with Crippen LogP contribution in [0.4, 0.5) is 4.79 Å². The molecule has 1 saturated heterocycles. The van der Waals surface area contributed by atoms with E-state index in [1.807, 2.05) is 37.4 Å². The number of pyridine rings is 1. The number of likely N-dealkylation sites (tertiary alicyclic amines) is 1. The van der Waals surface area contributed by atoms with Gasteiger partial charge in [0.05, 0.1) is 18.0 Å². The van der Waals surface area contributed by atoms with Crippen molar-refractivity contribution >= 4 is 11.7 Å². The zero-order valence-corrected chi connectivity index (χ0v) is 15.8. The highest BCUT2D eigenvalue weighted by Crippen LogP contribution is 2.23. The molecule has 1 N–H and O–H groups in total. The lowest BCUT2D eigenvalue weighted by atomic mass is 9.95. The number of aliphatic hydroxyl groups excluding tert-OH is 1. The summed E-state index contributed by atoms with van der Waals surface area (Å²) in [5.74, 6) is 0.921. The summed E-state index contributed by atoms with van der Waals surface area (Å²) in [6.45, 7) is 6.84. The van der Waals surface area contributed by atoms with E-state index in [0.717, 1.165) is 17.8 Å². The van der Waals surface area contributed by atoms with E-state index < -0.39 is 11.7 Å². The molecule has 1 unspecified atom stereocenters. The van der Waals surface area contributed by atoms with Crippen molar-refractivity contribution in [3.63, 3.8) is 0 Å². The Labute approximate surface area is 157 Å². The number of fused-ring (bicyclic) bond motifs is 1. The molecule has 1 aliphatic heterocycles. The number of hydrogen-bond acceptors (Lipinski definition) is 6. The number of nitriles is 1. The number of imidazole rings is 1. The molecular formula is C19H24N4O4. The number of hydrogen-bond donors (Lipinski definition) is 1. The molecule has 0 radical (unpaired) electrons. The standard InChI is InChI=1S/C19H24N4O4/c1-19(2,3)27-18(25)23-8-13(9-23)6-14-10-22-11-16(4-5-17(22)21-14)26-12-15(24)7-20/h4-5,10-11,13,15,24H,6,8-9,12H2,1-3H3. The van der Waals surface area contributed by atoms with Crippen LogP contribution in [0, 0.1) is 17.2 Å². The van der Waals surface area contributed by atoms with Gasteiger partial charge in [-0.2, -0.15) is 5.26 Å². The summed E-state index contributed by atoms with van der Waals surface area (Å²) >= 11 is 0. The van der Waals surface area contributed by atoms with Gasteiger partial charge >= 0.3 is 6.09 Å². The lowest BCUT2D eigenvalue weighted by Gasteiger charge is -2.39. The van der Waals surface area contributed by atoms with Gasteiger partial charge in [-0.15, -0.1) is 0 Å². The number of carbonyl (C=O) groups is 1. The largest absolute Gasteiger partial charge is 0.488 e. The van der Waals surface area contributed by atoms with Crippen molar-refractivity contribution in [2.24, 2.45) is 5.92 Å². The molecular weight excluding hydrogens is 348 g/mol. The molecule has 27 heavy (non-hydrogen) atoms. The van der Waals surface area contributed by atoms with Crippen LogP contribution in [0.15, 0.2) is 24.5 Å². The first kappa shape index (κ1) is 19.0. The van der Waals surface area contributed by atoms with Gasteiger partial charge < -0.3 is 23.9 Å². The van der Waals surface area contributed by atoms with Gasteiger partial charge in [0.15, 0.2) is 6.10 Å². The Bertz CT molecular complexity index is 859. The molecule has 2 aromatic heterocycles. The maximum atomic E-state index is 12.0. The van der Waals surface area contributed by atoms with Gasteiger partial charge in [-0.05, 0) is 45.2 Å². The highest BCUT2D eigenvalue weighted by molar-refractivity contribution is 5.69. The topological polar surface area (TPSA) is 100 Å². The van der Waals surface area contributed by atoms with E-state index in [4.69, 9.17) is 14.7 Å². The van der Waals surface area contributed by atoms with Gasteiger partial charge in [0.2, 0.25) is 0 Å². The van der Waals surface area contributed by atoms with Crippen molar-refractivity contribution < 1.29 is 19.4 Å². The average Bonchev–Trinajstić information content (AvgIpc) is 2.95. The summed E-state index contributed by atoms with van der Waals surface area (Å²) < 4.78 is 12.6. The minimum atomic E-state index is -1.15. The predicted octanol–water partition coefficient (Wildman–Crippen LogP) is 2.01. The summed E-state index contributed by atoms with van der Waals surface area (Å²) in [5, 5.41) is 17.8. The Morgan fingerprint density at radius 3 is 2.81 bits per heavy atom. The minimum absolute atomic E-state index is 0.0772. The molecule has 1 amide bonds. The fourth-order valence-electron chi connectivity index (χ4n) is 2.89. The first-order chi connectivity index (χ1) is 12.7. The molecule has 3 rings (SSSR count). The quantitative estimate of drug-likeness (QED) is 0.806. The molecule has 0 aromatic carbocycles. The van der Waals surface area contributed by atoms with Gasteiger partial charge in [0.1, 0.15) is 23.6 Å². The average molecular weight is 372 g/mol. The van der Waals surface area contributed by atoms with E-state index in [1.54, 1.807) is 23.2 Å². The Morgan fingerprint density at radius 1 is 1.41 bits per heavy atom. The van der Waals surface area contributed by atoms with Crippen molar-refractivity contribution in [1.29, 1.82) is 5.26 Å². The second-order valence-electron chi connectivity index (χ2n) is 7.77. The van der Waals surface area contributed by atoms with Crippen molar-refractivity contribution in [3.8, 4) is 11.8 Å². The van der Waals surface area contributed by atoms with Crippen LogP contribution in [0.3, 0.4) is 0 Å². The van der Waals surface area contributed by atoms with Crippen LogP contribution in [0.5, 0.6) is 5.75 Å². The zero-order valence-electron chi connectivity index (χ0n) is 15.8. The molecule has 8 nitrogen and oxygen atoms in total. The summed E-state index contributed by atoms with van der Waals surface area (Å²) in [7, 11) is 0. The lowest BCUT2D eigenvalue weighted by molar-refractivity contribution is -0.000992. The number of rotatable bonds is 5. The molecule has 8 heteroatoms. The molecule has 1 atom stereocenters. The maximum absolute atomic E-state index is 12.0. The Kier molecular flexibility index (Phi) is 5.24. The minimum Gasteiger partial charge on any atom is -0.488 e. The highest BCUT2D eigenvalue weighted by Gasteiger charge is 2.34. The zero-order chi connectivity index (χ0) is 19.6. The first-order valence-corrected chi connectivity index (χ1v) is 8.89. The Hall–Kier alpha value is -2.79. The van der Waals surface area contributed by atoms with Crippen LogP contribution in [-0.2, 0) is 11.2 Å². The molecule has 2 aromatic rings. The molecule has 1 fully saturated rings.